The zero-order chi connectivity index (χ0) is 10.5. The van der Waals surface area contributed by atoms with E-state index < -0.39 is 0 Å². The zero-order valence-corrected chi connectivity index (χ0v) is 10.4. The number of para-hydroxylation sites is 1. The van der Waals surface area contributed by atoms with Crippen molar-refractivity contribution in [3.8, 4) is 0 Å². The molecular weight excluding hydrogens is 232 g/mol. The van der Waals surface area contributed by atoms with Crippen LogP contribution in [0, 0.1) is 0 Å². The van der Waals surface area contributed by atoms with Gasteiger partial charge >= 0.3 is 0 Å². The Morgan fingerprint density at radius 2 is 1.94 bits per heavy atom. The summed E-state index contributed by atoms with van der Waals surface area (Å²) in [6.45, 7) is 2.47. The lowest BCUT2D eigenvalue weighted by molar-refractivity contribution is -0.520. The molecule has 0 saturated carbocycles. The molecular formula is C14H15ClN2. The van der Waals surface area contributed by atoms with Crippen LogP contribution >= 0.6 is 0 Å². The van der Waals surface area contributed by atoms with Crippen LogP contribution < -0.4 is 12.4 Å². The van der Waals surface area contributed by atoms with Crippen molar-refractivity contribution < 1.29 is 17.0 Å². The predicted molar refractivity (Wildman–Crippen MR) is 65.3 cm³/mol. The molecule has 3 heteroatoms. The van der Waals surface area contributed by atoms with Crippen LogP contribution in [0.1, 0.15) is 24.1 Å². The van der Waals surface area contributed by atoms with Crippen molar-refractivity contribution in [1.29, 1.82) is 0 Å². The highest BCUT2D eigenvalue weighted by atomic mass is 35.5. The largest absolute Gasteiger partial charge is 1.00 e. The lowest BCUT2D eigenvalue weighted by Crippen LogP contribution is -3.00. The van der Waals surface area contributed by atoms with E-state index in [1.165, 1.54) is 48.9 Å². The molecule has 0 unspecified atom stereocenters. The summed E-state index contributed by atoms with van der Waals surface area (Å²) in [5.41, 5.74) is 5.82. The van der Waals surface area contributed by atoms with Crippen molar-refractivity contribution in [3.63, 3.8) is 0 Å². The van der Waals surface area contributed by atoms with E-state index in [1.807, 2.05) is 0 Å². The Hall–Kier alpha value is -1.28. The summed E-state index contributed by atoms with van der Waals surface area (Å²) < 4.78 is 2.55. The van der Waals surface area contributed by atoms with E-state index >= 15 is 0 Å². The summed E-state index contributed by atoms with van der Waals surface area (Å²) in [5, 5.41) is 1.43. The van der Waals surface area contributed by atoms with Crippen molar-refractivity contribution in [1.82, 2.24) is 4.98 Å². The molecule has 2 aliphatic heterocycles. The van der Waals surface area contributed by atoms with E-state index in [1.54, 1.807) is 11.3 Å². The Labute approximate surface area is 107 Å². The first-order valence-corrected chi connectivity index (χ1v) is 6.14. The minimum Gasteiger partial charge on any atom is -1.00 e. The molecule has 0 fully saturated rings. The molecule has 2 aromatic rings. The Kier molecular flexibility index (Phi) is 2.48. The smallest absolute Gasteiger partial charge is 0.200 e. The third-order valence-electron chi connectivity index (χ3n) is 3.96. The van der Waals surface area contributed by atoms with E-state index in [0.29, 0.717) is 0 Å². The molecule has 1 N–H and O–H groups in total. The summed E-state index contributed by atoms with van der Waals surface area (Å²) in [4.78, 5) is 3.61. The molecule has 1 aromatic heterocycles. The second kappa shape index (κ2) is 3.88. The number of aromatic amines is 1. The third-order valence-corrected chi connectivity index (χ3v) is 3.96. The fourth-order valence-electron chi connectivity index (χ4n) is 3.21. The molecule has 1 aromatic carbocycles. The van der Waals surface area contributed by atoms with E-state index in [2.05, 4.69) is 33.8 Å². The number of benzene rings is 1. The number of nitrogens with one attached hydrogen (secondary N) is 1. The van der Waals surface area contributed by atoms with Gasteiger partial charge in [-0.2, -0.15) is 0 Å². The van der Waals surface area contributed by atoms with Gasteiger partial charge in [0, 0.05) is 30.2 Å². The van der Waals surface area contributed by atoms with Crippen LogP contribution in [-0.4, -0.2) is 28.4 Å². The lowest BCUT2D eigenvalue weighted by atomic mass is 10.0. The Morgan fingerprint density at radius 3 is 2.88 bits per heavy atom. The molecule has 0 bridgehead atoms. The summed E-state index contributed by atoms with van der Waals surface area (Å²) >= 11 is 0. The number of halogens is 1. The number of hydrogen-bond acceptors (Lipinski definition) is 0. The van der Waals surface area contributed by atoms with Gasteiger partial charge in [0.2, 0.25) is 0 Å². The number of aromatic nitrogens is 1. The van der Waals surface area contributed by atoms with Gasteiger partial charge in [0.1, 0.15) is 18.8 Å². The number of fused-ring (bicyclic) bond motifs is 4. The number of H-pyrrole nitrogens is 1. The molecule has 4 rings (SSSR count). The number of rotatable bonds is 0. The highest BCUT2D eigenvalue weighted by Crippen LogP contribution is 2.28. The van der Waals surface area contributed by atoms with E-state index in [4.69, 9.17) is 0 Å². The van der Waals surface area contributed by atoms with Crippen molar-refractivity contribution in [2.75, 3.05) is 13.1 Å². The zero-order valence-electron chi connectivity index (χ0n) is 9.67. The quantitative estimate of drug-likeness (QED) is 0.595. The normalized spacial score (nSPS) is 17.9. The fourth-order valence-corrected chi connectivity index (χ4v) is 3.21. The number of hydrogen-bond donors (Lipinski definition) is 1. The Bertz CT molecular complexity index is 610. The van der Waals surface area contributed by atoms with Crippen molar-refractivity contribution >= 4 is 16.6 Å². The molecule has 0 amide bonds. The van der Waals surface area contributed by atoms with Crippen LogP contribution in [-0.2, 0) is 6.42 Å². The Balaban J connectivity index is 0.000000902. The Morgan fingerprint density at radius 1 is 1.06 bits per heavy atom. The van der Waals surface area contributed by atoms with Crippen LogP contribution in [0.25, 0.3) is 10.9 Å². The minimum atomic E-state index is 0. The van der Waals surface area contributed by atoms with Gasteiger partial charge in [-0.3, -0.25) is 0 Å². The van der Waals surface area contributed by atoms with Gasteiger partial charge in [-0.25, -0.2) is 4.58 Å². The molecule has 0 aliphatic carbocycles. The second-order valence-corrected chi connectivity index (χ2v) is 4.81. The number of nitrogens with zero attached hydrogens (tertiary/aromatic N) is 1. The standard InChI is InChI=1S/C14H14N2.ClH/c1-2-5-12-10(4-1)11-7-9-16-8-3-6-13(16)14(11)15-12;/h1-2,4-5H,3,6-9H2;1H. The van der Waals surface area contributed by atoms with Gasteiger partial charge in [-0.05, 0) is 11.6 Å². The van der Waals surface area contributed by atoms with Crippen LogP contribution in [0.5, 0.6) is 0 Å². The van der Waals surface area contributed by atoms with Gasteiger partial charge in [0.15, 0.2) is 5.71 Å². The highest BCUT2D eigenvalue weighted by molar-refractivity contribution is 6.03. The van der Waals surface area contributed by atoms with Crippen molar-refractivity contribution in [3.05, 3.63) is 35.5 Å². The van der Waals surface area contributed by atoms with Crippen molar-refractivity contribution in [2.45, 2.75) is 19.3 Å². The van der Waals surface area contributed by atoms with Crippen LogP contribution in [0.15, 0.2) is 24.3 Å². The van der Waals surface area contributed by atoms with Crippen LogP contribution in [0.3, 0.4) is 0 Å². The molecule has 2 nitrogen and oxygen atoms in total. The summed E-state index contributed by atoms with van der Waals surface area (Å²) in [6.07, 6.45) is 3.77. The van der Waals surface area contributed by atoms with Crippen LogP contribution in [0.2, 0.25) is 0 Å². The molecule has 0 spiro atoms. The van der Waals surface area contributed by atoms with Crippen LogP contribution in [0.4, 0.5) is 0 Å². The molecule has 0 atom stereocenters. The molecule has 3 heterocycles. The predicted octanol–water partition coefficient (Wildman–Crippen LogP) is -0.677. The lowest BCUT2D eigenvalue weighted by Gasteiger charge is -2.09. The topological polar surface area (TPSA) is 18.8 Å². The van der Waals surface area contributed by atoms with E-state index in [0.717, 1.165) is 0 Å². The van der Waals surface area contributed by atoms with Gasteiger partial charge in [-0.15, -0.1) is 0 Å². The van der Waals surface area contributed by atoms with Gasteiger partial charge in [0.25, 0.3) is 0 Å². The second-order valence-electron chi connectivity index (χ2n) is 4.81. The SMILES string of the molecule is [Cl-].c1ccc2c3c([nH]c2c1)C1=[N+](CCC1)CC3. The van der Waals surface area contributed by atoms with Gasteiger partial charge in [0.05, 0.1) is 0 Å². The third kappa shape index (κ3) is 1.44. The molecule has 88 valence electrons. The fraction of sp³-hybridized carbons (Fsp3) is 0.357. The maximum atomic E-state index is 3.61. The van der Waals surface area contributed by atoms with E-state index in [9.17, 15) is 0 Å². The molecule has 2 aliphatic rings. The van der Waals surface area contributed by atoms with Gasteiger partial charge < -0.3 is 17.4 Å². The molecule has 0 radical (unpaired) electrons. The van der Waals surface area contributed by atoms with Gasteiger partial charge in [-0.1, -0.05) is 18.2 Å². The first kappa shape index (κ1) is 10.8. The maximum absolute atomic E-state index is 3.61. The molecule has 0 saturated heterocycles. The minimum absolute atomic E-state index is 0. The summed E-state index contributed by atoms with van der Waals surface area (Å²) in [7, 11) is 0. The highest BCUT2D eigenvalue weighted by Gasteiger charge is 2.32. The van der Waals surface area contributed by atoms with Crippen molar-refractivity contribution in [2.24, 2.45) is 0 Å². The average Bonchev–Trinajstić information content (AvgIpc) is 2.92. The summed E-state index contributed by atoms with van der Waals surface area (Å²) in [6, 6.07) is 8.69. The molecule has 17 heavy (non-hydrogen) atoms. The first-order chi connectivity index (χ1) is 7.93. The summed E-state index contributed by atoms with van der Waals surface area (Å²) in [5.74, 6) is 0. The average molecular weight is 247 g/mol. The van der Waals surface area contributed by atoms with E-state index in [-0.39, 0.29) is 12.4 Å². The monoisotopic (exact) mass is 246 g/mol. The first-order valence-electron chi connectivity index (χ1n) is 6.14. The maximum Gasteiger partial charge on any atom is 0.200 e.